The molecule has 158 valence electrons. The molecule has 0 spiro atoms. The van der Waals surface area contributed by atoms with E-state index >= 15 is 0 Å². The molecule has 0 atom stereocenters. The van der Waals surface area contributed by atoms with Crippen molar-refractivity contribution in [1.82, 2.24) is 0 Å². The van der Waals surface area contributed by atoms with Crippen LogP contribution >= 0.6 is 12.2 Å². The summed E-state index contributed by atoms with van der Waals surface area (Å²) in [6.45, 7) is 11.9. The maximum absolute atomic E-state index is 15.0. The number of hydrogen-bond acceptors (Lipinski definition) is 3. The Morgan fingerprint density at radius 3 is 2.58 bits per heavy atom. The highest BCUT2D eigenvalue weighted by Crippen LogP contribution is 2.39. The number of halogens is 2. The lowest BCUT2D eigenvalue weighted by Crippen LogP contribution is -2.44. The third kappa shape index (κ3) is 3.75. The van der Waals surface area contributed by atoms with E-state index in [0.717, 1.165) is 4.90 Å². The van der Waals surface area contributed by atoms with Crippen LogP contribution in [-0.2, 0) is 11.2 Å². The summed E-state index contributed by atoms with van der Waals surface area (Å²) in [5.74, 6) is -1.60. The lowest BCUT2D eigenvalue weighted by atomic mass is 10.0. The summed E-state index contributed by atoms with van der Waals surface area (Å²) in [7, 11) is 0. The molecule has 0 unspecified atom stereocenters. The Kier molecular flexibility index (Phi) is 6.06. The van der Waals surface area contributed by atoms with Gasteiger partial charge in [-0.25, -0.2) is 13.6 Å². The van der Waals surface area contributed by atoms with Crippen LogP contribution in [0.25, 0.3) is 4.85 Å². The topological polar surface area (TPSA) is 51.7 Å². The van der Waals surface area contributed by atoms with Gasteiger partial charge in [-0.15, -0.1) is 0 Å². The van der Waals surface area contributed by atoms with Crippen LogP contribution in [0, 0.1) is 36.5 Å². The van der Waals surface area contributed by atoms with Gasteiger partial charge in [0.05, 0.1) is 18.3 Å². The summed E-state index contributed by atoms with van der Waals surface area (Å²) in [6.07, 6.45) is 1.31. The van der Waals surface area contributed by atoms with Crippen LogP contribution in [0.1, 0.15) is 37.8 Å². The van der Waals surface area contributed by atoms with E-state index in [0.29, 0.717) is 30.5 Å². The molecule has 1 aliphatic rings. The van der Waals surface area contributed by atoms with Crippen molar-refractivity contribution in [1.29, 1.82) is 5.26 Å². The van der Waals surface area contributed by atoms with Crippen molar-refractivity contribution >= 4 is 40.3 Å². The standard InChI is InChI=1S/C23H20F2N4OS/c1-14-18(27-4)10-11-19(20(14)25)28-21(30)23(2,3)29(22(28)31)16-9-8-15(17(24)13-16)7-5-6-12-26/h8-11,13H,5-7H2,1-3H3. The highest BCUT2D eigenvalue weighted by Gasteiger charge is 2.51. The van der Waals surface area contributed by atoms with Gasteiger partial charge in [-0.1, -0.05) is 12.1 Å². The fourth-order valence-electron chi connectivity index (χ4n) is 3.63. The van der Waals surface area contributed by atoms with Crippen molar-refractivity contribution in [3.63, 3.8) is 0 Å². The Labute approximate surface area is 185 Å². The van der Waals surface area contributed by atoms with Gasteiger partial charge in [0.25, 0.3) is 5.91 Å². The summed E-state index contributed by atoms with van der Waals surface area (Å²) in [4.78, 5) is 19.1. The first-order valence-corrected chi connectivity index (χ1v) is 10.1. The Bertz CT molecular complexity index is 1160. The van der Waals surface area contributed by atoms with Crippen LogP contribution in [0.15, 0.2) is 30.3 Å². The van der Waals surface area contributed by atoms with E-state index in [1.54, 1.807) is 26.0 Å². The molecule has 3 rings (SSSR count). The van der Waals surface area contributed by atoms with Gasteiger partial charge in [0.15, 0.2) is 10.8 Å². The zero-order valence-electron chi connectivity index (χ0n) is 17.4. The fourth-order valence-corrected chi connectivity index (χ4v) is 4.15. The van der Waals surface area contributed by atoms with E-state index in [2.05, 4.69) is 4.85 Å². The monoisotopic (exact) mass is 438 g/mol. The van der Waals surface area contributed by atoms with E-state index in [4.69, 9.17) is 24.1 Å². The number of nitriles is 1. The molecular formula is C23H20F2N4OS. The maximum atomic E-state index is 15.0. The Morgan fingerprint density at radius 1 is 1.26 bits per heavy atom. The van der Waals surface area contributed by atoms with Gasteiger partial charge in [-0.05, 0) is 75.2 Å². The molecule has 1 fully saturated rings. The van der Waals surface area contributed by atoms with E-state index in [-0.39, 0.29) is 22.1 Å². The number of rotatable bonds is 5. The van der Waals surface area contributed by atoms with E-state index in [9.17, 15) is 13.6 Å². The number of anilines is 2. The average molecular weight is 439 g/mol. The molecule has 0 aromatic heterocycles. The molecule has 2 aromatic carbocycles. The van der Waals surface area contributed by atoms with Gasteiger partial charge in [0.2, 0.25) is 0 Å². The molecule has 0 bridgehead atoms. The van der Waals surface area contributed by atoms with Crippen molar-refractivity contribution in [3.05, 3.63) is 64.5 Å². The number of carbonyl (C=O) groups is 1. The maximum Gasteiger partial charge on any atom is 0.259 e. The number of carbonyl (C=O) groups excluding carboxylic acids is 1. The highest BCUT2D eigenvalue weighted by atomic mass is 32.1. The number of unbranched alkanes of at least 4 members (excludes halogenated alkanes) is 1. The minimum absolute atomic E-state index is 0.0282. The zero-order valence-corrected chi connectivity index (χ0v) is 18.2. The molecule has 1 heterocycles. The van der Waals surface area contributed by atoms with Crippen molar-refractivity contribution in [2.45, 2.75) is 45.6 Å². The van der Waals surface area contributed by atoms with Gasteiger partial charge >= 0.3 is 0 Å². The van der Waals surface area contributed by atoms with Crippen LogP contribution in [0.5, 0.6) is 0 Å². The predicted octanol–water partition coefficient (Wildman–Crippen LogP) is 5.59. The van der Waals surface area contributed by atoms with Crippen LogP contribution < -0.4 is 9.80 Å². The second-order valence-electron chi connectivity index (χ2n) is 7.76. The molecule has 0 aliphatic carbocycles. The van der Waals surface area contributed by atoms with Crippen LogP contribution in [-0.4, -0.2) is 16.6 Å². The number of aryl methyl sites for hydroxylation is 1. The SMILES string of the molecule is [C-]#[N+]c1ccc(N2C(=O)C(C)(C)N(c3ccc(CCCC#N)c(F)c3)C2=S)c(F)c1C. The molecular weight excluding hydrogens is 418 g/mol. The lowest BCUT2D eigenvalue weighted by molar-refractivity contribution is -0.120. The van der Waals surface area contributed by atoms with Crippen molar-refractivity contribution in [2.75, 3.05) is 9.80 Å². The number of nitrogens with zero attached hydrogens (tertiary/aromatic N) is 4. The molecule has 0 radical (unpaired) electrons. The zero-order chi connectivity index (χ0) is 22.9. The van der Waals surface area contributed by atoms with Crippen LogP contribution in [0.2, 0.25) is 0 Å². The van der Waals surface area contributed by atoms with E-state index < -0.39 is 23.1 Å². The van der Waals surface area contributed by atoms with Gasteiger partial charge in [-0.2, -0.15) is 5.26 Å². The molecule has 8 heteroatoms. The molecule has 0 saturated carbocycles. The summed E-state index contributed by atoms with van der Waals surface area (Å²) in [5, 5.41) is 8.68. The lowest BCUT2D eigenvalue weighted by Gasteiger charge is -2.29. The van der Waals surface area contributed by atoms with E-state index in [1.165, 1.54) is 30.0 Å². The first kappa shape index (κ1) is 22.3. The average Bonchev–Trinajstić information content (AvgIpc) is 2.90. The summed E-state index contributed by atoms with van der Waals surface area (Å²) in [5.41, 5.74) is -0.0750. The number of amides is 1. The Morgan fingerprint density at radius 2 is 1.97 bits per heavy atom. The van der Waals surface area contributed by atoms with Crippen LogP contribution in [0.4, 0.5) is 25.8 Å². The van der Waals surface area contributed by atoms with Crippen molar-refractivity contribution in [2.24, 2.45) is 0 Å². The predicted molar refractivity (Wildman–Crippen MR) is 119 cm³/mol. The smallest absolute Gasteiger partial charge is 0.259 e. The van der Waals surface area contributed by atoms with Crippen molar-refractivity contribution in [3.8, 4) is 6.07 Å². The molecule has 31 heavy (non-hydrogen) atoms. The van der Waals surface area contributed by atoms with Crippen molar-refractivity contribution < 1.29 is 13.6 Å². The summed E-state index contributed by atoms with van der Waals surface area (Å²) in [6, 6.07) is 9.42. The first-order valence-electron chi connectivity index (χ1n) is 9.65. The number of thiocarbonyl (C=S) groups is 1. The minimum atomic E-state index is -1.18. The molecule has 0 N–H and O–H groups in total. The Balaban J connectivity index is 2.01. The van der Waals surface area contributed by atoms with Gasteiger partial charge in [0.1, 0.15) is 17.2 Å². The van der Waals surface area contributed by atoms with Gasteiger partial charge in [-0.3, -0.25) is 9.69 Å². The molecule has 1 saturated heterocycles. The highest BCUT2D eigenvalue weighted by molar-refractivity contribution is 7.81. The minimum Gasteiger partial charge on any atom is -0.303 e. The third-order valence-corrected chi connectivity index (χ3v) is 5.76. The molecule has 5 nitrogen and oxygen atoms in total. The normalized spacial score (nSPS) is 15.2. The fraction of sp³-hybridized carbons (Fsp3) is 0.304. The second kappa shape index (κ2) is 8.41. The molecule has 1 aliphatic heterocycles. The summed E-state index contributed by atoms with van der Waals surface area (Å²) >= 11 is 5.52. The van der Waals surface area contributed by atoms with Gasteiger partial charge in [0, 0.05) is 12.1 Å². The number of benzene rings is 2. The second-order valence-corrected chi connectivity index (χ2v) is 8.12. The number of hydrogen-bond donors (Lipinski definition) is 0. The Hall–Kier alpha value is -3.36. The van der Waals surface area contributed by atoms with E-state index in [1.807, 2.05) is 6.07 Å². The van der Waals surface area contributed by atoms with Gasteiger partial charge < -0.3 is 4.90 Å². The summed E-state index contributed by atoms with van der Waals surface area (Å²) < 4.78 is 29.7. The van der Waals surface area contributed by atoms with Crippen LogP contribution in [0.3, 0.4) is 0 Å². The quantitative estimate of drug-likeness (QED) is 0.347. The molecule has 1 amide bonds. The third-order valence-electron chi connectivity index (χ3n) is 5.40. The molecule has 2 aromatic rings. The largest absolute Gasteiger partial charge is 0.303 e. The first-order chi connectivity index (χ1) is 14.6.